The smallest absolute Gasteiger partial charge is 0.227 e. The number of carbonyl (C=O) groups excluding carboxylic acids is 1. The van der Waals surface area contributed by atoms with E-state index >= 15 is 0 Å². The van der Waals surface area contributed by atoms with Crippen LogP contribution in [0.3, 0.4) is 0 Å². The zero-order valence-electron chi connectivity index (χ0n) is 16.1. The van der Waals surface area contributed by atoms with Crippen LogP contribution in [0, 0.1) is 11.8 Å². The van der Waals surface area contributed by atoms with Crippen molar-refractivity contribution in [2.24, 2.45) is 11.8 Å². The van der Waals surface area contributed by atoms with Gasteiger partial charge in [-0.15, -0.1) is 0 Å². The normalized spacial score (nSPS) is 20.1. The molecule has 1 aliphatic carbocycles. The van der Waals surface area contributed by atoms with Crippen LogP contribution >= 0.6 is 0 Å². The maximum absolute atomic E-state index is 13.2. The largest absolute Gasteiger partial charge is 0.335 e. The minimum atomic E-state index is 0.257. The Morgan fingerprint density at radius 1 is 0.885 bits per heavy atom. The molecule has 1 saturated carbocycles. The van der Waals surface area contributed by atoms with Gasteiger partial charge >= 0.3 is 0 Å². The van der Waals surface area contributed by atoms with Gasteiger partial charge in [-0.2, -0.15) is 0 Å². The van der Waals surface area contributed by atoms with Gasteiger partial charge < -0.3 is 4.90 Å². The zero-order valence-corrected chi connectivity index (χ0v) is 16.1. The molecule has 2 aromatic rings. The molecular formula is C24H31NO. The Hall–Kier alpha value is -2.09. The van der Waals surface area contributed by atoms with E-state index in [4.69, 9.17) is 0 Å². The third-order valence-electron chi connectivity index (χ3n) is 5.84. The van der Waals surface area contributed by atoms with Gasteiger partial charge in [0.2, 0.25) is 5.91 Å². The number of benzene rings is 2. The number of rotatable bonds is 6. The summed E-state index contributed by atoms with van der Waals surface area (Å²) < 4.78 is 0. The molecule has 2 aromatic carbocycles. The highest BCUT2D eigenvalue weighted by atomic mass is 16.2. The second kappa shape index (κ2) is 9.02. The van der Waals surface area contributed by atoms with Crippen LogP contribution in [-0.2, 0) is 17.8 Å². The van der Waals surface area contributed by atoms with Crippen molar-refractivity contribution in [1.29, 1.82) is 0 Å². The van der Waals surface area contributed by atoms with E-state index in [2.05, 4.69) is 43.0 Å². The molecule has 1 aliphatic rings. The highest BCUT2D eigenvalue weighted by Gasteiger charge is 2.29. The predicted molar refractivity (Wildman–Crippen MR) is 108 cm³/mol. The maximum atomic E-state index is 13.2. The Balaban J connectivity index is 1.72. The van der Waals surface area contributed by atoms with Crippen LogP contribution in [0.4, 0.5) is 0 Å². The summed E-state index contributed by atoms with van der Waals surface area (Å²) in [6.45, 7) is 5.38. The van der Waals surface area contributed by atoms with E-state index < -0.39 is 0 Å². The Labute approximate surface area is 158 Å². The van der Waals surface area contributed by atoms with Crippen LogP contribution in [0.25, 0.3) is 0 Å². The summed E-state index contributed by atoms with van der Waals surface area (Å²) in [6, 6.07) is 20.9. The summed E-state index contributed by atoms with van der Waals surface area (Å²) in [5, 5.41) is 0. The molecule has 0 spiro atoms. The van der Waals surface area contributed by atoms with Crippen LogP contribution < -0.4 is 0 Å². The van der Waals surface area contributed by atoms with Gasteiger partial charge in [-0.3, -0.25) is 4.79 Å². The van der Waals surface area contributed by atoms with E-state index in [0.29, 0.717) is 12.5 Å². The van der Waals surface area contributed by atoms with Crippen molar-refractivity contribution in [3.05, 3.63) is 71.8 Å². The molecule has 0 radical (unpaired) electrons. The summed E-state index contributed by atoms with van der Waals surface area (Å²) in [7, 11) is 0. The summed E-state index contributed by atoms with van der Waals surface area (Å²) >= 11 is 0. The molecule has 0 aromatic heterocycles. The topological polar surface area (TPSA) is 20.3 Å². The van der Waals surface area contributed by atoms with E-state index in [0.717, 1.165) is 36.8 Å². The van der Waals surface area contributed by atoms with Gasteiger partial charge in [0.05, 0.1) is 6.42 Å². The van der Waals surface area contributed by atoms with E-state index in [1.165, 1.54) is 18.4 Å². The molecular weight excluding hydrogens is 318 g/mol. The Bertz CT molecular complexity index is 672. The Kier molecular flexibility index (Phi) is 6.49. The molecule has 0 bridgehead atoms. The fourth-order valence-corrected chi connectivity index (χ4v) is 4.15. The molecule has 3 rings (SSSR count). The molecule has 0 heterocycles. The number of hydrogen-bond donors (Lipinski definition) is 0. The van der Waals surface area contributed by atoms with Crippen LogP contribution in [-0.4, -0.2) is 16.8 Å². The summed E-state index contributed by atoms with van der Waals surface area (Å²) in [5.74, 6) is 1.82. The second-order valence-electron chi connectivity index (χ2n) is 7.98. The summed E-state index contributed by atoms with van der Waals surface area (Å²) in [6.07, 6.45) is 5.25. The molecule has 138 valence electrons. The summed E-state index contributed by atoms with van der Waals surface area (Å²) in [5.41, 5.74) is 2.33. The lowest BCUT2D eigenvalue weighted by Gasteiger charge is -2.38. The quantitative estimate of drug-likeness (QED) is 0.677. The molecule has 2 heteroatoms. The lowest BCUT2D eigenvalue weighted by atomic mass is 9.79. The second-order valence-corrected chi connectivity index (χ2v) is 7.98. The molecule has 26 heavy (non-hydrogen) atoms. The molecule has 0 N–H and O–H groups in total. The Morgan fingerprint density at radius 3 is 1.96 bits per heavy atom. The third-order valence-corrected chi connectivity index (χ3v) is 5.84. The fraction of sp³-hybridized carbons (Fsp3) is 0.458. The average Bonchev–Trinajstić information content (AvgIpc) is 2.68. The van der Waals surface area contributed by atoms with Gasteiger partial charge in [0.1, 0.15) is 0 Å². The first kappa shape index (κ1) is 18.7. The van der Waals surface area contributed by atoms with Crippen LogP contribution in [0.1, 0.15) is 50.7 Å². The highest BCUT2D eigenvalue weighted by molar-refractivity contribution is 5.79. The molecule has 0 saturated heterocycles. The minimum Gasteiger partial charge on any atom is -0.335 e. The average molecular weight is 350 g/mol. The fourth-order valence-electron chi connectivity index (χ4n) is 4.15. The van der Waals surface area contributed by atoms with Crippen molar-refractivity contribution in [3.63, 3.8) is 0 Å². The monoisotopic (exact) mass is 349 g/mol. The predicted octanol–water partition coefficient (Wildman–Crippen LogP) is 5.47. The minimum absolute atomic E-state index is 0.257. The molecule has 0 aliphatic heterocycles. The summed E-state index contributed by atoms with van der Waals surface area (Å²) in [4.78, 5) is 15.3. The zero-order chi connectivity index (χ0) is 18.4. The number of amides is 1. The first-order valence-corrected chi connectivity index (χ1v) is 10.0. The van der Waals surface area contributed by atoms with Crippen LogP contribution in [0.5, 0.6) is 0 Å². The van der Waals surface area contributed by atoms with Gasteiger partial charge in [0, 0.05) is 12.6 Å². The molecule has 1 fully saturated rings. The lowest BCUT2D eigenvalue weighted by Crippen LogP contribution is -2.43. The first-order valence-electron chi connectivity index (χ1n) is 10.0. The van der Waals surface area contributed by atoms with E-state index in [-0.39, 0.29) is 5.91 Å². The van der Waals surface area contributed by atoms with Crippen molar-refractivity contribution >= 4 is 5.91 Å². The van der Waals surface area contributed by atoms with Crippen molar-refractivity contribution in [1.82, 2.24) is 4.90 Å². The molecule has 2 nitrogen and oxygen atoms in total. The SMILES string of the molecule is CC(C)C1CCC(N(Cc2ccccc2)C(=O)Cc2ccccc2)CC1. The number of carbonyl (C=O) groups is 1. The molecule has 0 unspecified atom stereocenters. The van der Waals surface area contributed by atoms with Gasteiger partial charge in [-0.05, 0) is 48.6 Å². The maximum Gasteiger partial charge on any atom is 0.227 e. The van der Waals surface area contributed by atoms with Crippen molar-refractivity contribution in [2.45, 2.75) is 58.5 Å². The van der Waals surface area contributed by atoms with Crippen LogP contribution in [0.2, 0.25) is 0 Å². The van der Waals surface area contributed by atoms with Crippen LogP contribution in [0.15, 0.2) is 60.7 Å². The Morgan fingerprint density at radius 2 is 1.42 bits per heavy atom. The standard InChI is InChI=1S/C24H31NO/c1-19(2)22-13-15-23(16-14-22)25(18-21-11-7-4-8-12-21)24(26)17-20-9-5-3-6-10-20/h3-12,19,22-23H,13-18H2,1-2H3. The van der Waals surface area contributed by atoms with Crippen molar-refractivity contribution in [2.75, 3.05) is 0 Å². The van der Waals surface area contributed by atoms with Crippen molar-refractivity contribution < 1.29 is 4.79 Å². The lowest BCUT2D eigenvalue weighted by molar-refractivity contribution is -0.134. The van der Waals surface area contributed by atoms with Gasteiger partial charge in [-0.1, -0.05) is 74.5 Å². The van der Waals surface area contributed by atoms with Gasteiger partial charge in [0.15, 0.2) is 0 Å². The number of nitrogens with zero attached hydrogens (tertiary/aromatic N) is 1. The van der Waals surface area contributed by atoms with E-state index in [1.807, 2.05) is 36.4 Å². The molecule has 1 amide bonds. The van der Waals surface area contributed by atoms with E-state index in [9.17, 15) is 4.79 Å². The third kappa shape index (κ3) is 4.97. The highest BCUT2D eigenvalue weighted by Crippen LogP contribution is 2.33. The van der Waals surface area contributed by atoms with Gasteiger partial charge in [0.25, 0.3) is 0 Å². The first-order chi connectivity index (χ1) is 12.6. The van der Waals surface area contributed by atoms with Gasteiger partial charge in [-0.25, -0.2) is 0 Å². The molecule has 0 atom stereocenters. The van der Waals surface area contributed by atoms with E-state index in [1.54, 1.807) is 0 Å². The number of hydrogen-bond acceptors (Lipinski definition) is 1. The van der Waals surface area contributed by atoms with Crippen molar-refractivity contribution in [3.8, 4) is 0 Å².